The molecule has 0 saturated carbocycles. The molecule has 0 atom stereocenters. The average Bonchev–Trinajstić information content (AvgIpc) is 3.63. The van der Waals surface area contributed by atoms with Gasteiger partial charge in [-0.15, -0.1) is 0 Å². The monoisotopic (exact) mass is 535 g/mol. The predicted molar refractivity (Wildman–Crippen MR) is 175 cm³/mol. The molecule has 0 spiro atoms. The highest BCUT2D eigenvalue weighted by molar-refractivity contribution is 6.31. The molecule has 0 radical (unpaired) electrons. The van der Waals surface area contributed by atoms with E-state index in [2.05, 4.69) is 161 Å². The van der Waals surface area contributed by atoms with Crippen LogP contribution in [0.5, 0.6) is 0 Å². The summed E-state index contributed by atoms with van der Waals surface area (Å²) >= 11 is 0. The van der Waals surface area contributed by atoms with Crippen LogP contribution in [0.4, 0.5) is 0 Å². The Morgan fingerprint density at radius 2 is 0.976 bits per heavy atom. The van der Waals surface area contributed by atoms with Crippen molar-refractivity contribution in [1.82, 2.24) is 14.0 Å². The molecular weight excluding hydrogens is 510 g/mol. The summed E-state index contributed by atoms with van der Waals surface area (Å²) in [7, 11) is 0. The summed E-state index contributed by atoms with van der Waals surface area (Å²) < 4.78 is 4.77. The summed E-state index contributed by atoms with van der Waals surface area (Å²) in [5.74, 6) is 0.953. The highest BCUT2D eigenvalue weighted by Gasteiger charge is 2.23. The lowest BCUT2D eigenvalue weighted by atomic mass is 9.97. The quantitative estimate of drug-likeness (QED) is 0.206. The number of pyridine rings is 1. The third-order valence-electron chi connectivity index (χ3n) is 8.48. The molecule has 3 heterocycles. The molecule has 0 aliphatic heterocycles. The molecule has 0 fully saturated rings. The van der Waals surface area contributed by atoms with Crippen molar-refractivity contribution in [2.45, 2.75) is 0 Å². The molecule has 0 aliphatic carbocycles. The smallest absolute Gasteiger partial charge is 0.145 e. The molecule has 3 aromatic heterocycles. The second-order valence-corrected chi connectivity index (χ2v) is 10.8. The van der Waals surface area contributed by atoms with Crippen LogP contribution in [0.3, 0.4) is 0 Å². The van der Waals surface area contributed by atoms with Gasteiger partial charge in [-0.05, 0) is 30.3 Å². The highest BCUT2D eigenvalue weighted by atomic mass is 15.0. The lowest BCUT2D eigenvalue weighted by Gasteiger charge is -2.13. The van der Waals surface area contributed by atoms with Crippen LogP contribution in [0.2, 0.25) is 0 Å². The Hall–Kier alpha value is -5.67. The molecule has 42 heavy (non-hydrogen) atoms. The van der Waals surface area contributed by atoms with Crippen LogP contribution in [-0.4, -0.2) is 14.0 Å². The number of nitrogens with zero attached hydrogens (tertiary/aromatic N) is 3. The minimum atomic E-state index is 0.953. The van der Waals surface area contributed by atoms with Gasteiger partial charge in [0.2, 0.25) is 0 Å². The minimum Gasteiger partial charge on any atom is -0.309 e. The van der Waals surface area contributed by atoms with Crippen molar-refractivity contribution in [1.29, 1.82) is 0 Å². The first-order chi connectivity index (χ1) is 20.9. The number of aromatic nitrogens is 3. The van der Waals surface area contributed by atoms with E-state index in [1.165, 1.54) is 38.0 Å². The molecule has 0 N–H and O–H groups in total. The summed E-state index contributed by atoms with van der Waals surface area (Å²) in [6, 6.07) is 54.0. The second-order valence-electron chi connectivity index (χ2n) is 10.8. The molecule has 9 aromatic rings. The lowest BCUT2D eigenvalue weighted by Crippen LogP contribution is -1.95. The second kappa shape index (κ2) is 8.92. The number of imidazole rings is 1. The normalized spacial score (nSPS) is 11.8. The van der Waals surface area contributed by atoms with Crippen LogP contribution in [0.1, 0.15) is 0 Å². The summed E-state index contributed by atoms with van der Waals surface area (Å²) in [5, 5.41) is 6.20. The number of fused-ring (bicyclic) bond motifs is 10. The van der Waals surface area contributed by atoms with E-state index < -0.39 is 0 Å². The number of hydrogen-bond donors (Lipinski definition) is 0. The largest absolute Gasteiger partial charge is 0.309 e. The van der Waals surface area contributed by atoms with E-state index >= 15 is 0 Å². The fourth-order valence-corrected chi connectivity index (χ4v) is 6.75. The minimum absolute atomic E-state index is 0.953. The number of hydrogen-bond acceptors (Lipinski definition) is 1. The summed E-state index contributed by atoms with van der Waals surface area (Å²) in [6.07, 6.45) is 0. The van der Waals surface area contributed by atoms with Crippen molar-refractivity contribution in [2.75, 3.05) is 0 Å². The molecule has 3 nitrogen and oxygen atoms in total. The van der Waals surface area contributed by atoms with E-state index in [-0.39, 0.29) is 0 Å². The Kier molecular flexibility index (Phi) is 4.90. The first kappa shape index (κ1) is 23.1. The van der Waals surface area contributed by atoms with Gasteiger partial charge < -0.3 is 4.57 Å². The van der Waals surface area contributed by atoms with Crippen LogP contribution in [0.25, 0.3) is 77.3 Å². The third-order valence-corrected chi connectivity index (χ3v) is 8.48. The first-order valence-electron chi connectivity index (χ1n) is 14.3. The van der Waals surface area contributed by atoms with Crippen LogP contribution in [0.15, 0.2) is 152 Å². The van der Waals surface area contributed by atoms with Gasteiger partial charge >= 0.3 is 0 Å². The van der Waals surface area contributed by atoms with Crippen LogP contribution < -0.4 is 0 Å². The molecule has 3 heteroatoms. The van der Waals surface area contributed by atoms with Crippen molar-refractivity contribution < 1.29 is 0 Å². The van der Waals surface area contributed by atoms with Gasteiger partial charge in [0.25, 0.3) is 0 Å². The molecule has 6 aromatic carbocycles. The maximum atomic E-state index is 5.38. The fraction of sp³-hybridized carbons (Fsp3) is 0. The van der Waals surface area contributed by atoms with Gasteiger partial charge in [0.1, 0.15) is 5.82 Å². The first-order valence-corrected chi connectivity index (χ1v) is 14.3. The van der Waals surface area contributed by atoms with Crippen molar-refractivity contribution >= 4 is 49.0 Å². The summed E-state index contributed by atoms with van der Waals surface area (Å²) in [4.78, 5) is 5.38. The van der Waals surface area contributed by atoms with Gasteiger partial charge in [-0.3, -0.25) is 4.40 Å². The number of benzene rings is 6. The molecule has 0 aliphatic rings. The van der Waals surface area contributed by atoms with Crippen LogP contribution >= 0.6 is 0 Å². The molecule has 196 valence electrons. The average molecular weight is 536 g/mol. The Labute approximate surface area is 242 Å². The van der Waals surface area contributed by atoms with Gasteiger partial charge in [-0.1, -0.05) is 121 Å². The SMILES string of the molecule is c1ccc(-c2nc(-c3ccccc3)n3c4ccccc4c4c(ccc5c4c4ccccc4n5-c4ccccc4)c23)cc1. The van der Waals surface area contributed by atoms with Gasteiger partial charge in [-0.25, -0.2) is 4.98 Å². The predicted octanol–water partition coefficient (Wildman–Crippen LogP) is 10.1. The highest BCUT2D eigenvalue weighted by Crippen LogP contribution is 2.44. The van der Waals surface area contributed by atoms with E-state index in [1.807, 2.05) is 0 Å². The molecule has 0 saturated heterocycles. The van der Waals surface area contributed by atoms with Crippen molar-refractivity contribution in [3.8, 4) is 28.3 Å². The molecular formula is C39H25N3. The Morgan fingerprint density at radius 3 is 1.69 bits per heavy atom. The third kappa shape index (κ3) is 3.19. The molecule has 9 rings (SSSR count). The zero-order valence-corrected chi connectivity index (χ0v) is 22.8. The van der Waals surface area contributed by atoms with Gasteiger partial charge in [0.05, 0.1) is 27.8 Å². The summed E-state index contributed by atoms with van der Waals surface area (Å²) in [6.45, 7) is 0. The molecule has 0 bridgehead atoms. The van der Waals surface area contributed by atoms with E-state index in [0.29, 0.717) is 0 Å². The van der Waals surface area contributed by atoms with Crippen LogP contribution in [0, 0.1) is 0 Å². The van der Waals surface area contributed by atoms with Gasteiger partial charge in [0.15, 0.2) is 0 Å². The van der Waals surface area contributed by atoms with E-state index in [0.717, 1.165) is 39.4 Å². The van der Waals surface area contributed by atoms with E-state index in [1.54, 1.807) is 0 Å². The Morgan fingerprint density at radius 1 is 0.405 bits per heavy atom. The maximum Gasteiger partial charge on any atom is 0.145 e. The summed E-state index contributed by atoms with van der Waals surface area (Å²) in [5.41, 5.74) is 9.06. The Balaban J connectivity index is 1.56. The number of rotatable bonds is 3. The van der Waals surface area contributed by atoms with Crippen molar-refractivity contribution in [3.05, 3.63) is 152 Å². The van der Waals surface area contributed by atoms with Crippen molar-refractivity contribution in [2.24, 2.45) is 0 Å². The standard InChI is InChI=1S/C39H25N3/c1-4-14-26(15-5-1)37-38-31-24-25-34-36(30-21-11-12-22-32(30)41(34)28-18-8-3-9-19-28)35(31)29-20-10-13-23-33(29)42(38)39(40-37)27-16-6-2-7-17-27/h1-25H. The van der Waals surface area contributed by atoms with E-state index in [9.17, 15) is 0 Å². The number of para-hydroxylation sites is 3. The topological polar surface area (TPSA) is 22.2 Å². The molecule has 0 amide bonds. The van der Waals surface area contributed by atoms with Crippen LogP contribution in [-0.2, 0) is 0 Å². The fourth-order valence-electron chi connectivity index (χ4n) is 6.75. The van der Waals surface area contributed by atoms with E-state index in [4.69, 9.17) is 4.98 Å². The zero-order chi connectivity index (χ0) is 27.6. The lowest BCUT2D eigenvalue weighted by molar-refractivity contribution is 1.18. The van der Waals surface area contributed by atoms with Gasteiger partial charge in [0, 0.05) is 43.7 Å². The Bertz CT molecular complexity index is 2430. The van der Waals surface area contributed by atoms with Crippen molar-refractivity contribution in [3.63, 3.8) is 0 Å². The molecule has 0 unspecified atom stereocenters. The maximum absolute atomic E-state index is 5.38. The zero-order valence-electron chi connectivity index (χ0n) is 22.8. The van der Waals surface area contributed by atoms with Gasteiger partial charge in [-0.2, -0.15) is 0 Å².